The Morgan fingerprint density at radius 2 is 2.06 bits per heavy atom. The second-order valence-electron chi connectivity index (χ2n) is 3.14. The van der Waals surface area contributed by atoms with Gasteiger partial charge in [-0.25, -0.2) is 9.59 Å². The van der Waals surface area contributed by atoms with Gasteiger partial charge in [-0.1, -0.05) is 5.21 Å². The molecular weight excluding hydrogens is 248 g/mol. The lowest BCUT2D eigenvalue weighted by molar-refractivity contribution is -0.145. The summed E-state index contributed by atoms with van der Waals surface area (Å²) in [7, 11) is 0. The molecule has 1 rings (SSSR count). The molecule has 0 radical (unpaired) electrons. The molecule has 0 spiro atoms. The Bertz CT molecular complexity index is 432. The summed E-state index contributed by atoms with van der Waals surface area (Å²) < 4.78 is 0. The summed E-state index contributed by atoms with van der Waals surface area (Å²) >= 11 is 0. The van der Waals surface area contributed by atoms with E-state index in [1.54, 1.807) is 0 Å². The molecule has 18 heavy (non-hydrogen) atoms. The third-order valence-corrected chi connectivity index (χ3v) is 1.78. The first-order valence-corrected chi connectivity index (χ1v) is 4.70. The van der Waals surface area contributed by atoms with E-state index in [0.29, 0.717) is 0 Å². The van der Waals surface area contributed by atoms with Crippen LogP contribution >= 0.6 is 0 Å². The Labute approximate surface area is 99.6 Å². The van der Waals surface area contributed by atoms with Gasteiger partial charge in [0, 0.05) is 0 Å². The van der Waals surface area contributed by atoms with E-state index in [0.717, 1.165) is 0 Å². The molecule has 0 aliphatic carbocycles. The van der Waals surface area contributed by atoms with Crippen molar-refractivity contribution in [3.8, 4) is 0 Å². The monoisotopic (exact) mass is 258 g/mol. The van der Waals surface area contributed by atoms with Gasteiger partial charge in [0.05, 0.1) is 13.0 Å². The van der Waals surface area contributed by atoms with E-state index >= 15 is 0 Å². The van der Waals surface area contributed by atoms with Gasteiger partial charge >= 0.3 is 18.0 Å². The van der Waals surface area contributed by atoms with Crippen molar-refractivity contribution < 1.29 is 24.6 Å². The fourth-order valence-electron chi connectivity index (χ4n) is 1.00. The molecule has 0 bridgehead atoms. The summed E-state index contributed by atoms with van der Waals surface area (Å²) in [5, 5.41) is 33.9. The average Bonchev–Trinajstić information content (AvgIpc) is 2.77. The van der Waals surface area contributed by atoms with E-state index in [1.165, 1.54) is 0 Å². The fraction of sp³-hybridized carbons (Fsp3) is 0.429. The van der Waals surface area contributed by atoms with E-state index in [-0.39, 0.29) is 12.4 Å². The molecular formula is C7H10N6O5. The van der Waals surface area contributed by atoms with E-state index in [1.807, 2.05) is 5.32 Å². The van der Waals surface area contributed by atoms with Crippen LogP contribution in [0.15, 0.2) is 0 Å². The predicted octanol–water partition coefficient (Wildman–Crippen LogP) is -2.07. The number of carboxylic acid groups (broad SMARTS) is 2. The number of carbonyl (C=O) groups excluding carboxylic acids is 1. The summed E-state index contributed by atoms with van der Waals surface area (Å²) in [6.07, 6.45) is -0.717. The van der Waals surface area contributed by atoms with Gasteiger partial charge in [0.15, 0.2) is 5.82 Å². The van der Waals surface area contributed by atoms with Crippen LogP contribution in [-0.4, -0.2) is 54.8 Å². The molecule has 0 fully saturated rings. The lowest BCUT2D eigenvalue weighted by Gasteiger charge is -2.12. The van der Waals surface area contributed by atoms with Crippen molar-refractivity contribution in [1.29, 1.82) is 0 Å². The van der Waals surface area contributed by atoms with E-state index in [9.17, 15) is 14.4 Å². The number of rotatable bonds is 6. The first-order valence-electron chi connectivity index (χ1n) is 4.70. The summed E-state index contributed by atoms with van der Waals surface area (Å²) in [5.74, 6) is -2.57. The molecule has 0 saturated carbocycles. The molecule has 11 heteroatoms. The van der Waals surface area contributed by atoms with Crippen LogP contribution in [-0.2, 0) is 16.1 Å². The Balaban J connectivity index is 2.41. The number of aliphatic carboxylic acids is 2. The van der Waals surface area contributed by atoms with Gasteiger partial charge in [-0.05, 0) is 0 Å². The van der Waals surface area contributed by atoms with Crippen molar-refractivity contribution >= 4 is 18.0 Å². The zero-order valence-electron chi connectivity index (χ0n) is 8.95. The van der Waals surface area contributed by atoms with Crippen LogP contribution in [0.5, 0.6) is 0 Å². The third kappa shape index (κ3) is 4.42. The molecule has 1 aromatic rings. The van der Waals surface area contributed by atoms with E-state index in [4.69, 9.17) is 10.2 Å². The number of nitrogens with zero attached hydrogens (tertiary/aromatic N) is 3. The molecule has 1 heterocycles. The number of carboxylic acids is 2. The van der Waals surface area contributed by atoms with E-state index in [2.05, 4.69) is 25.9 Å². The lowest BCUT2D eigenvalue weighted by atomic mass is 10.2. The number of hydrogen-bond donors (Lipinski definition) is 5. The highest BCUT2D eigenvalue weighted by atomic mass is 16.4. The second-order valence-corrected chi connectivity index (χ2v) is 3.14. The van der Waals surface area contributed by atoms with Gasteiger partial charge in [0.25, 0.3) is 0 Å². The standard InChI is InChI=1S/C7H10N6O5/c14-5(15)1-3(6(16)17)9-7(18)8-2-4-10-12-13-11-4/h3H,1-2H2,(H,14,15)(H,16,17)(H2,8,9,18)(H,10,11,12,13). The molecule has 2 amide bonds. The topological polar surface area (TPSA) is 170 Å². The minimum absolute atomic E-state index is 0.0677. The normalized spacial score (nSPS) is 11.6. The molecule has 5 N–H and O–H groups in total. The van der Waals surface area contributed by atoms with Crippen LogP contribution in [0.3, 0.4) is 0 Å². The quantitative estimate of drug-likeness (QED) is 0.387. The van der Waals surface area contributed by atoms with Gasteiger partial charge in [-0.15, -0.1) is 10.2 Å². The van der Waals surface area contributed by atoms with Gasteiger partial charge in [-0.2, -0.15) is 5.21 Å². The van der Waals surface area contributed by atoms with Crippen LogP contribution in [0.1, 0.15) is 12.2 Å². The Morgan fingerprint density at radius 3 is 2.56 bits per heavy atom. The number of H-pyrrole nitrogens is 1. The maximum atomic E-state index is 11.3. The molecule has 0 aromatic carbocycles. The minimum Gasteiger partial charge on any atom is -0.481 e. The van der Waals surface area contributed by atoms with E-state index < -0.39 is 30.4 Å². The van der Waals surface area contributed by atoms with Crippen LogP contribution in [0, 0.1) is 0 Å². The molecule has 0 aliphatic heterocycles. The zero-order chi connectivity index (χ0) is 13.5. The summed E-state index contributed by atoms with van der Waals surface area (Å²) in [5.41, 5.74) is 0. The highest BCUT2D eigenvalue weighted by molar-refractivity contribution is 5.86. The van der Waals surface area contributed by atoms with Crippen LogP contribution in [0.4, 0.5) is 4.79 Å². The number of amides is 2. The maximum absolute atomic E-state index is 11.3. The number of urea groups is 1. The van der Waals surface area contributed by atoms with Crippen LogP contribution < -0.4 is 10.6 Å². The minimum atomic E-state index is -1.51. The summed E-state index contributed by atoms with van der Waals surface area (Å²) in [6, 6.07) is -2.35. The number of hydrogen-bond acceptors (Lipinski definition) is 6. The number of tetrazole rings is 1. The molecule has 1 atom stereocenters. The summed E-state index contributed by atoms with van der Waals surface area (Å²) in [4.78, 5) is 32.3. The highest BCUT2D eigenvalue weighted by Gasteiger charge is 2.22. The molecule has 0 saturated heterocycles. The Morgan fingerprint density at radius 1 is 1.33 bits per heavy atom. The highest BCUT2D eigenvalue weighted by Crippen LogP contribution is 1.93. The smallest absolute Gasteiger partial charge is 0.326 e. The fourth-order valence-corrected chi connectivity index (χ4v) is 1.00. The Hall–Kier alpha value is -2.72. The second kappa shape index (κ2) is 6.12. The first kappa shape index (κ1) is 13.3. The van der Waals surface area contributed by atoms with Gasteiger partial charge in [0.2, 0.25) is 0 Å². The molecule has 1 aromatic heterocycles. The molecule has 1 unspecified atom stereocenters. The van der Waals surface area contributed by atoms with Crippen molar-refractivity contribution in [2.75, 3.05) is 0 Å². The van der Waals surface area contributed by atoms with Crippen molar-refractivity contribution in [3.63, 3.8) is 0 Å². The number of aromatic amines is 1. The van der Waals surface area contributed by atoms with Gasteiger partial charge in [-0.3, -0.25) is 4.79 Å². The van der Waals surface area contributed by atoms with Crippen molar-refractivity contribution in [1.82, 2.24) is 31.3 Å². The average molecular weight is 258 g/mol. The predicted molar refractivity (Wildman–Crippen MR) is 53.2 cm³/mol. The number of carbonyl (C=O) groups is 3. The van der Waals surface area contributed by atoms with Gasteiger partial charge in [0.1, 0.15) is 6.04 Å². The lowest BCUT2D eigenvalue weighted by Crippen LogP contribution is -2.46. The molecule has 0 aliphatic rings. The maximum Gasteiger partial charge on any atom is 0.326 e. The largest absolute Gasteiger partial charge is 0.481 e. The third-order valence-electron chi connectivity index (χ3n) is 1.78. The SMILES string of the molecule is O=C(O)CC(NC(=O)NCc1nn[nH]n1)C(=O)O. The number of nitrogens with one attached hydrogen (secondary N) is 3. The zero-order valence-corrected chi connectivity index (χ0v) is 8.95. The first-order chi connectivity index (χ1) is 8.49. The molecule has 98 valence electrons. The summed E-state index contributed by atoms with van der Waals surface area (Å²) in [6.45, 7) is -0.0677. The molecule has 11 nitrogen and oxygen atoms in total. The van der Waals surface area contributed by atoms with Crippen LogP contribution in [0.25, 0.3) is 0 Å². The van der Waals surface area contributed by atoms with Gasteiger partial charge < -0.3 is 20.8 Å². The van der Waals surface area contributed by atoms with Crippen LogP contribution in [0.2, 0.25) is 0 Å². The Kier molecular flexibility index (Phi) is 4.54. The van der Waals surface area contributed by atoms with Crippen molar-refractivity contribution in [2.24, 2.45) is 0 Å². The van der Waals surface area contributed by atoms with Crippen molar-refractivity contribution in [2.45, 2.75) is 19.0 Å². The van der Waals surface area contributed by atoms with Crippen molar-refractivity contribution in [3.05, 3.63) is 5.82 Å². The number of aromatic nitrogens is 4.